The summed E-state index contributed by atoms with van der Waals surface area (Å²) < 4.78 is 6.98. The molecule has 1 fully saturated rings. The van der Waals surface area contributed by atoms with Gasteiger partial charge in [-0.1, -0.05) is 24.5 Å². The van der Waals surface area contributed by atoms with E-state index in [4.69, 9.17) is 4.74 Å². The number of aromatic nitrogens is 4. The van der Waals surface area contributed by atoms with Crippen molar-refractivity contribution in [3.8, 4) is 22.1 Å². The van der Waals surface area contributed by atoms with E-state index in [1.54, 1.807) is 11.8 Å². The first-order chi connectivity index (χ1) is 14.1. The fraction of sp³-hybridized carbons (Fsp3) is 0.429. The number of benzene rings is 1. The number of thiazole rings is 1. The van der Waals surface area contributed by atoms with Crippen molar-refractivity contribution in [3.05, 3.63) is 40.5 Å². The van der Waals surface area contributed by atoms with Gasteiger partial charge in [-0.05, 0) is 51.0 Å². The Labute approximate surface area is 174 Å². The molecule has 1 aliphatic carbocycles. The van der Waals surface area contributed by atoms with Crippen molar-refractivity contribution in [2.45, 2.75) is 52.0 Å². The lowest BCUT2D eigenvalue weighted by atomic mass is 9.95. The zero-order chi connectivity index (χ0) is 20.4. The van der Waals surface area contributed by atoms with Gasteiger partial charge in [0.1, 0.15) is 21.3 Å². The molecule has 0 bridgehead atoms. The molecule has 1 aliphatic rings. The summed E-state index contributed by atoms with van der Waals surface area (Å²) in [4.78, 5) is 18.0. The Bertz CT molecular complexity index is 1000. The Morgan fingerprint density at radius 2 is 1.90 bits per heavy atom. The Hall–Kier alpha value is -2.74. The maximum Gasteiger partial charge on any atom is 0.263 e. The smallest absolute Gasteiger partial charge is 0.263 e. The lowest BCUT2D eigenvalue weighted by Gasteiger charge is -2.22. The van der Waals surface area contributed by atoms with Gasteiger partial charge in [0.25, 0.3) is 5.91 Å². The summed E-state index contributed by atoms with van der Waals surface area (Å²) in [6, 6.07) is 7.91. The summed E-state index contributed by atoms with van der Waals surface area (Å²) in [6.45, 7) is 3.83. The number of amides is 1. The first-order valence-electron chi connectivity index (χ1n) is 9.92. The molecule has 0 saturated heterocycles. The van der Waals surface area contributed by atoms with Crippen molar-refractivity contribution in [1.82, 2.24) is 25.3 Å². The van der Waals surface area contributed by atoms with Gasteiger partial charge in [0.15, 0.2) is 0 Å². The van der Waals surface area contributed by atoms with Gasteiger partial charge in [-0.25, -0.2) is 9.67 Å². The number of rotatable bonds is 5. The first kappa shape index (κ1) is 19.6. The van der Waals surface area contributed by atoms with Crippen LogP contribution in [0.3, 0.4) is 0 Å². The number of nitrogens with one attached hydrogen (secondary N) is 1. The minimum Gasteiger partial charge on any atom is -0.497 e. The van der Waals surface area contributed by atoms with Crippen LogP contribution in [-0.4, -0.2) is 39.0 Å². The third-order valence-electron chi connectivity index (χ3n) is 5.36. The van der Waals surface area contributed by atoms with E-state index < -0.39 is 0 Å². The third-order valence-corrected chi connectivity index (χ3v) is 6.52. The number of carbonyl (C=O) groups is 1. The second-order valence-electron chi connectivity index (χ2n) is 7.38. The highest BCUT2D eigenvalue weighted by Crippen LogP contribution is 2.30. The summed E-state index contributed by atoms with van der Waals surface area (Å²) in [5, 5.41) is 12.5. The van der Waals surface area contributed by atoms with Crippen molar-refractivity contribution in [2.75, 3.05) is 7.11 Å². The van der Waals surface area contributed by atoms with Crippen LogP contribution < -0.4 is 10.1 Å². The Morgan fingerprint density at radius 1 is 1.17 bits per heavy atom. The lowest BCUT2D eigenvalue weighted by Crippen LogP contribution is -2.36. The molecule has 1 saturated carbocycles. The highest BCUT2D eigenvalue weighted by molar-refractivity contribution is 7.17. The molecular formula is C21H25N5O2S. The van der Waals surface area contributed by atoms with E-state index in [1.165, 1.54) is 30.6 Å². The van der Waals surface area contributed by atoms with Crippen molar-refractivity contribution in [1.29, 1.82) is 0 Å². The predicted octanol–water partition coefficient (Wildman–Crippen LogP) is 4.08. The number of aryl methyl sites for hydroxylation is 1. The minimum absolute atomic E-state index is 0.0293. The Morgan fingerprint density at radius 3 is 2.59 bits per heavy atom. The van der Waals surface area contributed by atoms with Gasteiger partial charge in [-0.3, -0.25) is 4.79 Å². The molecule has 7 nitrogen and oxygen atoms in total. The van der Waals surface area contributed by atoms with E-state index in [1.807, 2.05) is 38.1 Å². The van der Waals surface area contributed by atoms with E-state index in [2.05, 4.69) is 20.6 Å². The quantitative estimate of drug-likeness (QED) is 0.684. The minimum atomic E-state index is -0.0293. The van der Waals surface area contributed by atoms with Gasteiger partial charge in [-0.15, -0.1) is 16.4 Å². The molecule has 2 heterocycles. The molecule has 29 heavy (non-hydrogen) atoms. The number of hydrogen-bond donors (Lipinski definition) is 1. The molecule has 0 atom stereocenters. The molecule has 1 aromatic carbocycles. The first-order valence-corrected chi connectivity index (χ1v) is 10.7. The molecule has 0 radical (unpaired) electrons. The fourth-order valence-electron chi connectivity index (χ4n) is 3.70. The molecule has 3 aromatic rings. The van der Waals surface area contributed by atoms with Gasteiger partial charge in [0.2, 0.25) is 0 Å². The number of hydrogen-bond acceptors (Lipinski definition) is 6. The van der Waals surface area contributed by atoms with Crippen LogP contribution in [-0.2, 0) is 0 Å². The molecule has 0 spiro atoms. The van der Waals surface area contributed by atoms with Crippen molar-refractivity contribution < 1.29 is 9.53 Å². The average molecular weight is 412 g/mol. The van der Waals surface area contributed by atoms with Crippen LogP contribution in [0.25, 0.3) is 16.4 Å². The molecular weight excluding hydrogens is 386 g/mol. The topological polar surface area (TPSA) is 81.9 Å². The summed E-state index contributed by atoms with van der Waals surface area (Å²) in [5.74, 6) is 0.759. The highest BCUT2D eigenvalue weighted by Gasteiger charge is 2.23. The van der Waals surface area contributed by atoms with Crippen LogP contribution in [0.1, 0.15) is 53.2 Å². The largest absolute Gasteiger partial charge is 0.497 e. The average Bonchev–Trinajstić information content (AvgIpc) is 3.31. The normalized spacial score (nSPS) is 14.7. The van der Waals surface area contributed by atoms with E-state index in [0.29, 0.717) is 15.6 Å². The summed E-state index contributed by atoms with van der Waals surface area (Å²) in [6.07, 6.45) is 5.76. The van der Waals surface area contributed by atoms with Crippen molar-refractivity contribution in [3.63, 3.8) is 0 Å². The van der Waals surface area contributed by atoms with Gasteiger partial charge in [0, 0.05) is 6.04 Å². The molecule has 152 valence electrons. The molecule has 0 aliphatic heterocycles. The van der Waals surface area contributed by atoms with Gasteiger partial charge >= 0.3 is 0 Å². The van der Waals surface area contributed by atoms with E-state index in [0.717, 1.165) is 35.7 Å². The molecule has 1 N–H and O–H groups in total. The maximum atomic E-state index is 12.8. The zero-order valence-electron chi connectivity index (χ0n) is 16.9. The van der Waals surface area contributed by atoms with Crippen molar-refractivity contribution >= 4 is 17.2 Å². The molecule has 4 rings (SSSR count). The highest BCUT2D eigenvalue weighted by atomic mass is 32.1. The van der Waals surface area contributed by atoms with E-state index in [-0.39, 0.29) is 11.9 Å². The van der Waals surface area contributed by atoms with Crippen molar-refractivity contribution in [2.24, 2.45) is 0 Å². The lowest BCUT2D eigenvalue weighted by molar-refractivity contribution is 0.0931. The van der Waals surface area contributed by atoms with Gasteiger partial charge < -0.3 is 10.1 Å². The van der Waals surface area contributed by atoms with Crippen LogP contribution in [0.2, 0.25) is 0 Å². The second-order valence-corrected chi connectivity index (χ2v) is 8.37. The number of nitrogens with zero attached hydrogens (tertiary/aromatic N) is 4. The van der Waals surface area contributed by atoms with Crippen LogP contribution in [0.5, 0.6) is 5.75 Å². The van der Waals surface area contributed by atoms with E-state index >= 15 is 0 Å². The third kappa shape index (κ3) is 4.03. The summed E-state index contributed by atoms with van der Waals surface area (Å²) in [5.41, 5.74) is 3.20. The zero-order valence-corrected chi connectivity index (χ0v) is 17.8. The monoisotopic (exact) mass is 411 g/mol. The Balaban J connectivity index is 1.57. The van der Waals surface area contributed by atoms with Gasteiger partial charge in [-0.2, -0.15) is 0 Å². The SMILES string of the molecule is COc1ccc(-n2nnc(-c3nc(C)c(C(=O)NC4CCCCC4)s3)c2C)cc1. The standard InChI is InChI=1S/C21H25N5O2S/c1-13-19(20(27)23-15-7-5-4-6-8-15)29-21(22-13)18-14(2)26(25-24-18)16-9-11-17(28-3)12-10-16/h9-12,15H,4-8H2,1-3H3,(H,23,27). The van der Waals surface area contributed by atoms with Crippen LogP contribution >= 0.6 is 11.3 Å². The molecule has 8 heteroatoms. The fourth-order valence-corrected chi connectivity index (χ4v) is 4.71. The molecule has 0 unspecified atom stereocenters. The number of ether oxygens (including phenoxy) is 1. The summed E-state index contributed by atoms with van der Waals surface area (Å²) in [7, 11) is 1.64. The maximum absolute atomic E-state index is 12.8. The van der Waals surface area contributed by atoms with Crippen LogP contribution in [0, 0.1) is 13.8 Å². The van der Waals surface area contributed by atoms with Crippen LogP contribution in [0.15, 0.2) is 24.3 Å². The van der Waals surface area contributed by atoms with Gasteiger partial charge in [0.05, 0.1) is 24.2 Å². The number of methoxy groups -OCH3 is 1. The molecule has 1 amide bonds. The van der Waals surface area contributed by atoms with E-state index in [9.17, 15) is 4.79 Å². The molecule has 2 aromatic heterocycles. The number of carbonyl (C=O) groups excluding carboxylic acids is 1. The summed E-state index contributed by atoms with van der Waals surface area (Å²) >= 11 is 1.38. The second kappa shape index (κ2) is 8.32. The van der Waals surface area contributed by atoms with Crippen LogP contribution in [0.4, 0.5) is 0 Å². The predicted molar refractivity (Wildman–Crippen MR) is 113 cm³/mol. The Kier molecular flexibility index (Phi) is 5.62.